The summed E-state index contributed by atoms with van der Waals surface area (Å²) >= 11 is 0. The standard InChI is InChI=1S/C20H25N5O3/c1-3-28-20(27)25-13-11-24(12-14-25)19(26)17-9-10-18(22-21-17)23(2)15-16-7-5-4-6-8-16/h4-10H,3,11-15H2,1-2H3. The highest BCUT2D eigenvalue weighted by Crippen LogP contribution is 2.13. The van der Waals surface area contributed by atoms with Crippen LogP contribution in [0.1, 0.15) is 23.0 Å². The van der Waals surface area contributed by atoms with Crippen molar-refractivity contribution in [1.82, 2.24) is 20.0 Å². The summed E-state index contributed by atoms with van der Waals surface area (Å²) in [5.41, 5.74) is 1.48. The largest absolute Gasteiger partial charge is 0.450 e. The maximum atomic E-state index is 12.6. The van der Waals surface area contributed by atoms with Crippen molar-refractivity contribution < 1.29 is 14.3 Å². The van der Waals surface area contributed by atoms with Gasteiger partial charge in [0.2, 0.25) is 0 Å². The lowest BCUT2D eigenvalue weighted by Gasteiger charge is -2.33. The quantitative estimate of drug-likeness (QED) is 0.786. The summed E-state index contributed by atoms with van der Waals surface area (Å²) in [7, 11) is 1.94. The Kier molecular flexibility index (Phi) is 6.41. The Bertz CT molecular complexity index is 789. The SMILES string of the molecule is CCOC(=O)N1CCN(C(=O)c2ccc(N(C)Cc3ccccc3)nn2)CC1. The highest BCUT2D eigenvalue weighted by Gasteiger charge is 2.26. The summed E-state index contributed by atoms with van der Waals surface area (Å²) < 4.78 is 5.00. The van der Waals surface area contributed by atoms with Crippen molar-refractivity contribution >= 4 is 17.8 Å². The molecule has 0 bridgehead atoms. The number of aromatic nitrogens is 2. The molecule has 0 aliphatic carbocycles. The van der Waals surface area contributed by atoms with Crippen LogP contribution in [0.4, 0.5) is 10.6 Å². The zero-order chi connectivity index (χ0) is 19.9. The van der Waals surface area contributed by atoms with Crippen LogP contribution in [0.25, 0.3) is 0 Å². The molecule has 0 atom stereocenters. The van der Waals surface area contributed by atoms with E-state index in [-0.39, 0.29) is 12.0 Å². The number of carbonyl (C=O) groups excluding carboxylic acids is 2. The summed E-state index contributed by atoms with van der Waals surface area (Å²) in [5.74, 6) is 0.529. The molecule has 2 aromatic rings. The number of ether oxygens (including phenoxy) is 1. The van der Waals surface area contributed by atoms with Gasteiger partial charge in [-0.2, -0.15) is 0 Å². The number of nitrogens with zero attached hydrogens (tertiary/aromatic N) is 5. The van der Waals surface area contributed by atoms with Crippen LogP contribution in [-0.2, 0) is 11.3 Å². The number of anilines is 1. The van der Waals surface area contributed by atoms with Gasteiger partial charge in [-0.15, -0.1) is 10.2 Å². The Morgan fingerprint density at radius 2 is 1.68 bits per heavy atom. The van der Waals surface area contributed by atoms with Gasteiger partial charge in [-0.25, -0.2) is 4.79 Å². The van der Waals surface area contributed by atoms with Crippen molar-refractivity contribution in [2.45, 2.75) is 13.5 Å². The number of benzene rings is 1. The maximum absolute atomic E-state index is 12.6. The van der Waals surface area contributed by atoms with Crippen LogP contribution in [0.2, 0.25) is 0 Å². The van der Waals surface area contributed by atoms with Gasteiger partial charge in [-0.05, 0) is 24.6 Å². The number of carbonyl (C=O) groups is 2. The van der Waals surface area contributed by atoms with E-state index in [9.17, 15) is 9.59 Å². The zero-order valence-corrected chi connectivity index (χ0v) is 16.2. The fourth-order valence-corrected chi connectivity index (χ4v) is 3.05. The summed E-state index contributed by atoms with van der Waals surface area (Å²) in [6.07, 6.45) is -0.333. The Balaban J connectivity index is 1.56. The molecule has 0 spiro atoms. The molecule has 0 unspecified atom stereocenters. The molecule has 0 radical (unpaired) electrons. The van der Waals surface area contributed by atoms with E-state index in [0.29, 0.717) is 50.8 Å². The molecule has 1 aliphatic rings. The molecule has 148 valence electrons. The molecule has 0 saturated carbocycles. The van der Waals surface area contributed by atoms with Gasteiger partial charge in [0.15, 0.2) is 11.5 Å². The first-order chi connectivity index (χ1) is 13.6. The fraction of sp³-hybridized carbons (Fsp3) is 0.400. The van der Waals surface area contributed by atoms with E-state index >= 15 is 0 Å². The van der Waals surface area contributed by atoms with Gasteiger partial charge in [0, 0.05) is 39.8 Å². The van der Waals surface area contributed by atoms with Gasteiger partial charge in [-0.3, -0.25) is 4.79 Å². The molecule has 2 amide bonds. The Morgan fingerprint density at radius 1 is 1.00 bits per heavy atom. The number of rotatable bonds is 5. The highest BCUT2D eigenvalue weighted by molar-refractivity contribution is 5.92. The van der Waals surface area contributed by atoms with Crippen molar-refractivity contribution in [3.63, 3.8) is 0 Å². The van der Waals surface area contributed by atoms with Gasteiger partial charge >= 0.3 is 6.09 Å². The van der Waals surface area contributed by atoms with E-state index in [0.717, 1.165) is 0 Å². The van der Waals surface area contributed by atoms with Crippen molar-refractivity contribution in [2.24, 2.45) is 0 Å². The summed E-state index contributed by atoms with van der Waals surface area (Å²) in [4.78, 5) is 29.7. The molecular formula is C20H25N5O3. The van der Waals surface area contributed by atoms with Gasteiger partial charge in [0.05, 0.1) is 6.61 Å². The van der Waals surface area contributed by atoms with Crippen LogP contribution in [0.5, 0.6) is 0 Å². The topological polar surface area (TPSA) is 78.9 Å². The molecule has 1 fully saturated rings. The summed E-state index contributed by atoms with van der Waals surface area (Å²) in [5, 5.41) is 8.31. The first-order valence-corrected chi connectivity index (χ1v) is 9.38. The molecule has 1 aromatic carbocycles. The lowest BCUT2D eigenvalue weighted by atomic mass is 10.2. The summed E-state index contributed by atoms with van der Waals surface area (Å²) in [6, 6.07) is 13.6. The number of piperazine rings is 1. The lowest BCUT2D eigenvalue weighted by molar-refractivity contribution is 0.0565. The predicted molar refractivity (Wildman–Crippen MR) is 105 cm³/mol. The monoisotopic (exact) mass is 383 g/mol. The van der Waals surface area contributed by atoms with Crippen LogP contribution in [0.3, 0.4) is 0 Å². The van der Waals surface area contributed by atoms with Crippen LogP contribution >= 0.6 is 0 Å². The molecular weight excluding hydrogens is 358 g/mol. The minimum absolute atomic E-state index is 0.173. The average molecular weight is 383 g/mol. The van der Waals surface area contributed by atoms with Crippen LogP contribution in [0, 0.1) is 0 Å². The van der Waals surface area contributed by atoms with Gasteiger partial charge in [0.1, 0.15) is 0 Å². The molecule has 3 rings (SSSR count). The number of amides is 2. The molecule has 1 aliphatic heterocycles. The Hall–Kier alpha value is -3.16. The molecule has 0 N–H and O–H groups in total. The third-order valence-electron chi connectivity index (χ3n) is 4.62. The molecule has 8 nitrogen and oxygen atoms in total. The van der Waals surface area contributed by atoms with E-state index in [2.05, 4.69) is 22.3 Å². The van der Waals surface area contributed by atoms with Crippen LogP contribution in [-0.4, -0.2) is 71.8 Å². The smallest absolute Gasteiger partial charge is 0.409 e. The third-order valence-corrected chi connectivity index (χ3v) is 4.62. The third kappa shape index (κ3) is 4.76. The molecule has 28 heavy (non-hydrogen) atoms. The minimum Gasteiger partial charge on any atom is -0.450 e. The lowest BCUT2D eigenvalue weighted by Crippen LogP contribution is -2.50. The van der Waals surface area contributed by atoms with Gasteiger partial charge in [0.25, 0.3) is 5.91 Å². The van der Waals surface area contributed by atoms with Crippen molar-refractivity contribution in [3.8, 4) is 0 Å². The predicted octanol–water partition coefficient (Wildman–Crippen LogP) is 2.03. The second kappa shape index (κ2) is 9.16. The van der Waals surface area contributed by atoms with E-state index in [1.807, 2.05) is 30.1 Å². The maximum Gasteiger partial charge on any atom is 0.409 e. The van der Waals surface area contributed by atoms with Crippen LogP contribution in [0.15, 0.2) is 42.5 Å². The van der Waals surface area contributed by atoms with E-state index in [4.69, 9.17) is 4.74 Å². The minimum atomic E-state index is -0.333. The van der Waals surface area contributed by atoms with Crippen molar-refractivity contribution in [3.05, 3.63) is 53.7 Å². The van der Waals surface area contributed by atoms with E-state index in [1.165, 1.54) is 5.56 Å². The van der Waals surface area contributed by atoms with E-state index in [1.54, 1.807) is 28.9 Å². The number of hydrogen-bond donors (Lipinski definition) is 0. The molecule has 1 aromatic heterocycles. The molecule has 2 heterocycles. The highest BCUT2D eigenvalue weighted by atomic mass is 16.6. The van der Waals surface area contributed by atoms with E-state index < -0.39 is 0 Å². The zero-order valence-electron chi connectivity index (χ0n) is 16.2. The first kappa shape index (κ1) is 19.6. The Morgan fingerprint density at radius 3 is 2.29 bits per heavy atom. The first-order valence-electron chi connectivity index (χ1n) is 9.38. The van der Waals surface area contributed by atoms with Gasteiger partial charge < -0.3 is 19.4 Å². The average Bonchev–Trinajstić information content (AvgIpc) is 2.74. The fourth-order valence-electron chi connectivity index (χ4n) is 3.05. The molecule has 8 heteroatoms. The van der Waals surface area contributed by atoms with Crippen molar-refractivity contribution in [2.75, 3.05) is 44.7 Å². The van der Waals surface area contributed by atoms with Crippen molar-refractivity contribution in [1.29, 1.82) is 0 Å². The summed E-state index contributed by atoms with van der Waals surface area (Å²) in [6.45, 7) is 4.64. The van der Waals surface area contributed by atoms with Gasteiger partial charge in [-0.1, -0.05) is 30.3 Å². The second-order valence-corrected chi connectivity index (χ2v) is 6.60. The Labute approximate surface area is 164 Å². The van der Waals surface area contributed by atoms with Crippen LogP contribution < -0.4 is 4.90 Å². The number of hydrogen-bond acceptors (Lipinski definition) is 6. The second-order valence-electron chi connectivity index (χ2n) is 6.60. The molecule has 1 saturated heterocycles. The normalized spacial score (nSPS) is 13.9.